The molecule has 0 bridgehead atoms. The molecule has 0 saturated carbocycles. The van der Waals surface area contributed by atoms with Crippen LogP contribution in [0.25, 0.3) is 0 Å². The van der Waals surface area contributed by atoms with Crippen molar-refractivity contribution in [3.8, 4) is 0 Å². The summed E-state index contributed by atoms with van der Waals surface area (Å²) in [6.07, 6.45) is 30.9. The average molecular weight is 645 g/mol. The number of esters is 2. The largest absolute Gasteiger partial charge is 0.472 e. The molecule has 0 rings (SSSR count). The Morgan fingerprint density at radius 1 is 0.591 bits per heavy atom. The lowest BCUT2D eigenvalue weighted by Crippen LogP contribution is -2.29. The number of allylic oxidation sites excluding steroid dienone is 4. The van der Waals surface area contributed by atoms with Gasteiger partial charge in [0, 0.05) is 12.8 Å². The molecule has 9 heteroatoms. The molecule has 0 fully saturated rings. The number of hydrogen-bond donors (Lipinski definition) is 1. The van der Waals surface area contributed by atoms with Gasteiger partial charge in [-0.25, -0.2) is 4.57 Å². The second-order valence-electron chi connectivity index (χ2n) is 11.5. The van der Waals surface area contributed by atoms with Gasteiger partial charge in [-0.05, 0) is 64.7 Å². The minimum atomic E-state index is -4.27. The van der Waals surface area contributed by atoms with Gasteiger partial charge in [-0.3, -0.25) is 18.6 Å². The molecule has 258 valence electrons. The van der Waals surface area contributed by atoms with E-state index in [2.05, 4.69) is 38.2 Å². The van der Waals surface area contributed by atoms with Crippen LogP contribution in [-0.2, 0) is 32.7 Å². The Labute approximate surface area is 269 Å². The van der Waals surface area contributed by atoms with E-state index in [0.717, 1.165) is 77.0 Å². The first-order valence-corrected chi connectivity index (χ1v) is 19.1. The van der Waals surface area contributed by atoms with E-state index in [1.165, 1.54) is 44.9 Å². The predicted octanol–water partition coefficient (Wildman–Crippen LogP) is 10.3. The SMILES string of the molecule is CCCC/C=C\CCCCCCCC(=O)OCC(COP(=O)(O)OCC)OC(=O)CCCCCCC/C=C\CCCCCC. The molecule has 0 heterocycles. The first kappa shape index (κ1) is 42.5. The highest BCUT2D eigenvalue weighted by atomic mass is 31.2. The van der Waals surface area contributed by atoms with Crippen molar-refractivity contribution in [2.24, 2.45) is 0 Å². The summed E-state index contributed by atoms with van der Waals surface area (Å²) in [5.74, 6) is -0.821. The summed E-state index contributed by atoms with van der Waals surface area (Å²) in [6, 6.07) is 0. The highest BCUT2D eigenvalue weighted by molar-refractivity contribution is 7.47. The van der Waals surface area contributed by atoms with E-state index in [4.69, 9.17) is 18.5 Å². The molecule has 0 amide bonds. The fraction of sp³-hybridized carbons (Fsp3) is 0.829. The van der Waals surface area contributed by atoms with Gasteiger partial charge in [0.25, 0.3) is 0 Å². The quantitative estimate of drug-likeness (QED) is 0.0333. The summed E-state index contributed by atoms with van der Waals surface area (Å²) in [5.41, 5.74) is 0. The van der Waals surface area contributed by atoms with Gasteiger partial charge in [-0.2, -0.15) is 0 Å². The number of carbonyl (C=O) groups is 2. The maximum Gasteiger partial charge on any atom is 0.472 e. The number of rotatable bonds is 32. The van der Waals surface area contributed by atoms with Crippen molar-refractivity contribution in [2.45, 2.75) is 168 Å². The molecule has 0 aliphatic rings. The lowest BCUT2D eigenvalue weighted by Gasteiger charge is -2.19. The van der Waals surface area contributed by atoms with Crippen molar-refractivity contribution < 1.29 is 37.6 Å². The topological polar surface area (TPSA) is 108 Å². The lowest BCUT2D eigenvalue weighted by molar-refractivity contribution is -0.161. The van der Waals surface area contributed by atoms with E-state index < -0.39 is 26.5 Å². The van der Waals surface area contributed by atoms with E-state index in [0.29, 0.717) is 6.42 Å². The zero-order valence-electron chi connectivity index (χ0n) is 28.3. The third-order valence-corrected chi connectivity index (χ3v) is 8.29. The molecule has 0 saturated heterocycles. The summed E-state index contributed by atoms with van der Waals surface area (Å²) >= 11 is 0. The van der Waals surface area contributed by atoms with Crippen LogP contribution < -0.4 is 0 Å². The normalized spacial score (nSPS) is 13.8. The minimum absolute atomic E-state index is 0.00177. The van der Waals surface area contributed by atoms with E-state index >= 15 is 0 Å². The Balaban J connectivity index is 4.22. The highest BCUT2D eigenvalue weighted by Gasteiger charge is 2.25. The molecular formula is C35H65O8P. The van der Waals surface area contributed by atoms with Crippen LogP contribution >= 0.6 is 7.82 Å². The summed E-state index contributed by atoms with van der Waals surface area (Å²) in [4.78, 5) is 34.4. The molecule has 0 spiro atoms. The summed E-state index contributed by atoms with van der Waals surface area (Å²) in [6.45, 7) is 5.37. The summed E-state index contributed by atoms with van der Waals surface area (Å²) < 4.78 is 32.4. The van der Waals surface area contributed by atoms with Crippen LogP contribution in [0.2, 0.25) is 0 Å². The number of carbonyl (C=O) groups excluding carboxylic acids is 2. The van der Waals surface area contributed by atoms with Gasteiger partial charge in [0.15, 0.2) is 6.10 Å². The van der Waals surface area contributed by atoms with Gasteiger partial charge < -0.3 is 14.4 Å². The molecule has 0 aromatic heterocycles. The Morgan fingerprint density at radius 2 is 1.05 bits per heavy atom. The third-order valence-electron chi connectivity index (χ3n) is 7.23. The van der Waals surface area contributed by atoms with Gasteiger partial charge in [0.05, 0.1) is 13.2 Å². The van der Waals surface area contributed by atoms with Crippen LogP contribution in [0.4, 0.5) is 0 Å². The van der Waals surface area contributed by atoms with Crippen LogP contribution in [0.5, 0.6) is 0 Å². The zero-order chi connectivity index (χ0) is 32.6. The van der Waals surface area contributed by atoms with Crippen LogP contribution in [0, 0.1) is 0 Å². The first-order chi connectivity index (χ1) is 21.3. The fourth-order valence-electron chi connectivity index (χ4n) is 4.60. The first-order valence-electron chi connectivity index (χ1n) is 17.6. The highest BCUT2D eigenvalue weighted by Crippen LogP contribution is 2.43. The molecular weight excluding hydrogens is 579 g/mol. The van der Waals surface area contributed by atoms with Crippen molar-refractivity contribution in [2.75, 3.05) is 19.8 Å². The minimum Gasteiger partial charge on any atom is -0.462 e. The number of unbranched alkanes of at least 4 members (excludes halogenated alkanes) is 16. The van der Waals surface area contributed by atoms with Gasteiger partial charge in [-0.15, -0.1) is 0 Å². The smallest absolute Gasteiger partial charge is 0.462 e. The Hall–Kier alpha value is -1.47. The molecule has 0 aliphatic carbocycles. The number of phosphoric ester groups is 1. The van der Waals surface area contributed by atoms with Crippen molar-refractivity contribution >= 4 is 19.8 Å². The molecule has 1 N–H and O–H groups in total. The molecule has 0 radical (unpaired) electrons. The van der Waals surface area contributed by atoms with Crippen molar-refractivity contribution in [3.05, 3.63) is 24.3 Å². The summed E-state index contributed by atoms with van der Waals surface area (Å²) in [5, 5.41) is 0. The van der Waals surface area contributed by atoms with Gasteiger partial charge in [0.2, 0.25) is 0 Å². The van der Waals surface area contributed by atoms with E-state index in [9.17, 15) is 19.0 Å². The van der Waals surface area contributed by atoms with Crippen LogP contribution in [0.3, 0.4) is 0 Å². The maximum atomic E-state index is 12.4. The number of hydrogen-bond acceptors (Lipinski definition) is 7. The van der Waals surface area contributed by atoms with E-state index in [1.54, 1.807) is 6.92 Å². The Bertz CT molecular complexity index is 783. The van der Waals surface area contributed by atoms with Gasteiger partial charge >= 0.3 is 19.8 Å². The number of ether oxygens (including phenoxy) is 2. The fourth-order valence-corrected chi connectivity index (χ4v) is 5.36. The Kier molecular flexibility index (Phi) is 30.5. The molecule has 2 atom stereocenters. The molecule has 2 unspecified atom stereocenters. The monoisotopic (exact) mass is 644 g/mol. The number of phosphoric acid groups is 1. The second-order valence-corrected chi connectivity index (χ2v) is 13.0. The lowest BCUT2D eigenvalue weighted by atomic mass is 10.1. The average Bonchev–Trinajstić information content (AvgIpc) is 2.99. The van der Waals surface area contributed by atoms with Gasteiger partial charge in [-0.1, -0.05) is 109 Å². The molecule has 8 nitrogen and oxygen atoms in total. The maximum absolute atomic E-state index is 12.4. The van der Waals surface area contributed by atoms with Crippen molar-refractivity contribution in [3.63, 3.8) is 0 Å². The molecule has 44 heavy (non-hydrogen) atoms. The molecule has 0 aromatic rings. The van der Waals surface area contributed by atoms with Crippen LogP contribution in [0.15, 0.2) is 24.3 Å². The van der Waals surface area contributed by atoms with Gasteiger partial charge in [0.1, 0.15) is 6.61 Å². The molecule has 0 aromatic carbocycles. The molecule has 0 aliphatic heterocycles. The van der Waals surface area contributed by atoms with Crippen LogP contribution in [-0.4, -0.2) is 42.8 Å². The second kappa shape index (κ2) is 31.5. The van der Waals surface area contributed by atoms with E-state index in [1.807, 2.05) is 0 Å². The third kappa shape index (κ3) is 30.6. The summed E-state index contributed by atoms with van der Waals surface area (Å²) in [7, 11) is -4.27. The van der Waals surface area contributed by atoms with Crippen LogP contribution in [0.1, 0.15) is 162 Å². The predicted molar refractivity (Wildman–Crippen MR) is 179 cm³/mol. The van der Waals surface area contributed by atoms with Crippen molar-refractivity contribution in [1.29, 1.82) is 0 Å². The van der Waals surface area contributed by atoms with E-state index in [-0.39, 0.29) is 32.0 Å². The van der Waals surface area contributed by atoms with Crippen molar-refractivity contribution in [1.82, 2.24) is 0 Å². The standard InChI is InChI=1S/C35H65O8P/c1-4-7-9-11-13-15-17-18-20-22-24-26-28-30-35(37)43-33(32-42-44(38,39)41-6-3)31-40-34(36)29-27-25-23-21-19-16-14-12-10-8-5-2/h12,14-15,17,33H,4-11,13,16,18-32H2,1-3H3,(H,38,39)/b14-12-,17-15-. The Morgan fingerprint density at radius 3 is 1.57 bits per heavy atom. The zero-order valence-corrected chi connectivity index (χ0v) is 29.2.